The molecular formula is C13H12N2O3. The Labute approximate surface area is 103 Å². The van der Waals surface area contributed by atoms with Crippen LogP contribution in [0.2, 0.25) is 0 Å². The monoisotopic (exact) mass is 244 g/mol. The van der Waals surface area contributed by atoms with Gasteiger partial charge in [0.25, 0.3) is 5.56 Å². The van der Waals surface area contributed by atoms with Crippen LogP contribution in [-0.2, 0) is 11.3 Å². The molecule has 0 radical (unpaired) electrons. The number of benzene rings is 1. The SMILES string of the molecule is Cc1cc(=O)n(Cc2ccccc2)c(=O)n1C=O. The van der Waals surface area contributed by atoms with Crippen molar-refractivity contribution in [1.29, 1.82) is 0 Å². The molecule has 0 atom stereocenters. The molecule has 0 spiro atoms. The lowest BCUT2D eigenvalue weighted by atomic mass is 10.2. The Bertz CT molecular complexity index is 684. The number of hydrogen-bond acceptors (Lipinski definition) is 3. The number of hydrogen-bond donors (Lipinski definition) is 0. The molecule has 0 fully saturated rings. The first-order valence-corrected chi connectivity index (χ1v) is 5.45. The van der Waals surface area contributed by atoms with Gasteiger partial charge in [0, 0.05) is 11.8 Å². The van der Waals surface area contributed by atoms with E-state index in [1.807, 2.05) is 30.3 Å². The predicted octanol–water partition coefficient (Wildman–Crippen LogP) is 0.405. The summed E-state index contributed by atoms with van der Waals surface area (Å²) in [4.78, 5) is 34.5. The fourth-order valence-electron chi connectivity index (χ4n) is 1.74. The lowest BCUT2D eigenvalue weighted by Gasteiger charge is -2.08. The second-order valence-corrected chi connectivity index (χ2v) is 3.95. The molecule has 0 unspecified atom stereocenters. The van der Waals surface area contributed by atoms with Gasteiger partial charge in [-0.3, -0.25) is 14.2 Å². The number of aryl methyl sites for hydroxylation is 1. The minimum Gasteiger partial charge on any atom is -0.278 e. The molecule has 0 saturated carbocycles. The van der Waals surface area contributed by atoms with Crippen LogP contribution in [-0.4, -0.2) is 15.5 Å². The molecule has 0 amide bonds. The maximum atomic E-state index is 11.9. The Morgan fingerprint density at radius 1 is 1.17 bits per heavy atom. The molecule has 0 aliphatic carbocycles. The van der Waals surface area contributed by atoms with Crippen LogP contribution in [0.4, 0.5) is 0 Å². The van der Waals surface area contributed by atoms with E-state index in [0.717, 1.165) is 14.7 Å². The number of carbonyl (C=O) groups is 1. The standard InChI is InChI=1S/C13H12N2O3/c1-10-7-12(17)14(13(18)15(10)9-16)8-11-5-3-2-4-6-11/h2-7,9H,8H2,1H3. The number of nitrogens with zero attached hydrogens (tertiary/aromatic N) is 2. The van der Waals surface area contributed by atoms with Crippen molar-refractivity contribution < 1.29 is 4.79 Å². The van der Waals surface area contributed by atoms with Crippen LogP contribution in [0, 0.1) is 6.92 Å². The van der Waals surface area contributed by atoms with Crippen molar-refractivity contribution in [2.45, 2.75) is 13.5 Å². The highest BCUT2D eigenvalue weighted by Gasteiger charge is 2.08. The van der Waals surface area contributed by atoms with Gasteiger partial charge in [0.1, 0.15) is 0 Å². The van der Waals surface area contributed by atoms with Crippen LogP contribution in [0.25, 0.3) is 0 Å². The first-order chi connectivity index (χ1) is 8.63. The first-order valence-electron chi connectivity index (χ1n) is 5.45. The van der Waals surface area contributed by atoms with Crippen LogP contribution >= 0.6 is 0 Å². The molecule has 0 N–H and O–H groups in total. The van der Waals surface area contributed by atoms with Crippen molar-refractivity contribution in [1.82, 2.24) is 9.13 Å². The minimum atomic E-state index is -0.612. The van der Waals surface area contributed by atoms with Gasteiger partial charge in [-0.1, -0.05) is 30.3 Å². The van der Waals surface area contributed by atoms with Gasteiger partial charge < -0.3 is 0 Å². The normalized spacial score (nSPS) is 10.3. The zero-order valence-electron chi connectivity index (χ0n) is 9.87. The molecule has 18 heavy (non-hydrogen) atoms. The third-order valence-corrected chi connectivity index (χ3v) is 2.70. The quantitative estimate of drug-likeness (QED) is 0.734. The highest BCUT2D eigenvalue weighted by molar-refractivity contribution is 5.52. The van der Waals surface area contributed by atoms with E-state index in [9.17, 15) is 14.4 Å². The van der Waals surface area contributed by atoms with Gasteiger partial charge in [-0.05, 0) is 12.5 Å². The molecule has 0 bridgehead atoms. The van der Waals surface area contributed by atoms with Gasteiger partial charge in [-0.15, -0.1) is 0 Å². The molecule has 5 nitrogen and oxygen atoms in total. The largest absolute Gasteiger partial charge is 0.338 e. The first kappa shape index (κ1) is 12.0. The maximum Gasteiger partial charge on any atom is 0.338 e. The molecule has 0 saturated heterocycles. The summed E-state index contributed by atoms with van der Waals surface area (Å²) in [5, 5.41) is 0. The van der Waals surface area contributed by atoms with Crippen LogP contribution in [0.3, 0.4) is 0 Å². The summed E-state index contributed by atoms with van der Waals surface area (Å²) >= 11 is 0. The number of rotatable bonds is 3. The number of carbonyl (C=O) groups excluding carboxylic acids is 1. The van der Waals surface area contributed by atoms with Crippen molar-refractivity contribution in [2.24, 2.45) is 0 Å². The Hall–Kier alpha value is -2.43. The third-order valence-electron chi connectivity index (χ3n) is 2.70. The van der Waals surface area contributed by atoms with E-state index >= 15 is 0 Å². The second kappa shape index (κ2) is 4.83. The Balaban J connectivity index is 2.56. The Morgan fingerprint density at radius 2 is 1.83 bits per heavy atom. The molecule has 5 heteroatoms. The minimum absolute atomic E-state index is 0.159. The average Bonchev–Trinajstić information content (AvgIpc) is 2.36. The van der Waals surface area contributed by atoms with Gasteiger partial charge >= 0.3 is 5.69 Å². The summed E-state index contributed by atoms with van der Waals surface area (Å²) in [7, 11) is 0. The van der Waals surface area contributed by atoms with Crippen LogP contribution < -0.4 is 11.2 Å². The molecule has 1 aromatic heterocycles. The third kappa shape index (κ3) is 2.15. The predicted molar refractivity (Wildman–Crippen MR) is 67.4 cm³/mol. The lowest BCUT2D eigenvalue weighted by Crippen LogP contribution is -2.40. The molecule has 92 valence electrons. The molecule has 2 rings (SSSR count). The topological polar surface area (TPSA) is 61.1 Å². The van der Waals surface area contributed by atoms with E-state index in [0.29, 0.717) is 12.1 Å². The van der Waals surface area contributed by atoms with E-state index in [4.69, 9.17) is 0 Å². The van der Waals surface area contributed by atoms with E-state index < -0.39 is 11.2 Å². The zero-order chi connectivity index (χ0) is 13.1. The molecule has 1 aromatic carbocycles. The second-order valence-electron chi connectivity index (χ2n) is 3.95. The maximum absolute atomic E-state index is 11.9. The van der Waals surface area contributed by atoms with Crippen LogP contribution in [0.15, 0.2) is 46.0 Å². The fourth-order valence-corrected chi connectivity index (χ4v) is 1.74. The Kier molecular flexibility index (Phi) is 3.23. The summed E-state index contributed by atoms with van der Waals surface area (Å²) in [5.74, 6) is 0. The van der Waals surface area contributed by atoms with Gasteiger partial charge in [-0.2, -0.15) is 0 Å². The van der Waals surface area contributed by atoms with Crippen LogP contribution in [0.1, 0.15) is 11.3 Å². The summed E-state index contributed by atoms with van der Waals surface area (Å²) in [6.07, 6.45) is 0.415. The van der Waals surface area contributed by atoms with Gasteiger partial charge in [0.05, 0.1) is 6.54 Å². The summed E-state index contributed by atoms with van der Waals surface area (Å²) in [6.45, 7) is 1.71. The van der Waals surface area contributed by atoms with Gasteiger partial charge in [-0.25, -0.2) is 9.36 Å². The lowest BCUT2D eigenvalue weighted by molar-refractivity contribution is 0.536. The van der Waals surface area contributed by atoms with Gasteiger partial charge in [0.2, 0.25) is 6.41 Å². The van der Waals surface area contributed by atoms with E-state index in [1.165, 1.54) is 6.07 Å². The summed E-state index contributed by atoms with van der Waals surface area (Å²) in [6, 6.07) is 10.4. The average molecular weight is 244 g/mol. The molecule has 0 aliphatic heterocycles. The van der Waals surface area contributed by atoms with E-state index in [1.54, 1.807) is 6.92 Å². The summed E-state index contributed by atoms with van der Waals surface area (Å²) < 4.78 is 1.96. The summed E-state index contributed by atoms with van der Waals surface area (Å²) in [5.41, 5.74) is 0.153. The molecule has 0 aliphatic rings. The van der Waals surface area contributed by atoms with Crippen molar-refractivity contribution in [3.05, 3.63) is 68.5 Å². The highest BCUT2D eigenvalue weighted by Crippen LogP contribution is 1.99. The fraction of sp³-hybridized carbons (Fsp3) is 0.154. The zero-order valence-corrected chi connectivity index (χ0v) is 9.87. The number of aromatic nitrogens is 2. The van der Waals surface area contributed by atoms with E-state index in [2.05, 4.69) is 0 Å². The smallest absolute Gasteiger partial charge is 0.278 e. The van der Waals surface area contributed by atoms with E-state index in [-0.39, 0.29) is 6.54 Å². The van der Waals surface area contributed by atoms with Crippen molar-refractivity contribution in [3.63, 3.8) is 0 Å². The molecular weight excluding hydrogens is 232 g/mol. The van der Waals surface area contributed by atoms with Crippen LogP contribution in [0.5, 0.6) is 0 Å². The Morgan fingerprint density at radius 3 is 2.44 bits per heavy atom. The van der Waals surface area contributed by atoms with Gasteiger partial charge in [0.15, 0.2) is 0 Å². The van der Waals surface area contributed by atoms with Crippen molar-refractivity contribution in [2.75, 3.05) is 0 Å². The highest BCUT2D eigenvalue weighted by atomic mass is 16.2. The van der Waals surface area contributed by atoms with Crippen molar-refractivity contribution in [3.8, 4) is 0 Å². The molecule has 2 aromatic rings. The van der Waals surface area contributed by atoms with Crippen molar-refractivity contribution >= 4 is 6.41 Å². The molecule has 1 heterocycles.